The SMILES string of the molecule is Nc1cc([N+](=O)[O-])ccc1C(=O)OCc1ccccc1. The molecule has 0 spiro atoms. The van der Waals surface area contributed by atoms with Crippen molar-refractivity contribution in [3.8, 4) is 0 Å². The molecule has 2 aromatic rings. The predicted molar refractivity (Wildman–Crippen MR) is 73.1 cm³/mol. The van der Waals surface area contributed by atoms with Crippen LogP contribution < -0.4 is 5.73 Å². The number of ether oxygens (including phenoxy) is 1. The molecule has 2 rings (SSSR count). The van der Waals surface area contributed by atoms with Crippen LogP contribution in [-0.4, -0.2) is 10.9 Å². The van der Waals surface area contributed by atoms with Crippen LogP contribution in [0.5, 0.6) is 0 Å². The fraction of sp³-hybridized carbons (Fsp3) is 0.0714. The van der Waals surface area contributed by atoms with Crippen LogP contribution in [0.15, 0.2) is 48.5 Å². The number of hydrogen-bond acceptors (Lipinski definition) is 5. The highest BCUT2D eigenvalue weighted by Crippen LogP contribution is 2.20. The van der Waals surface area contributed by atoms with Gasteiger partial charge in [-0.15, -0.1) is 0 Å². The minimum atomic E-state index is -0.610. The molecule has 0 aliphatic carbocycles. The number of non-ortho nitro benzene ring substituents is 1. The Morgan fingerprint density at radius 3 is 2.50 bits per heavy atom. The quantitative estimate of drug-likeness (QED) is 0.399. The molecule has 0 aliphatic heterocycles. The van der Waals surface area contributed by atoms with Gasteiger partial charge in [-0.3, -0.25) is 10.1 Å². The number of benzene rings is 2. The molecular weight excluding hydrogens is 260 g/mol. The van der Waals surface area contributed by atoms with Crippen molar-refractivity contribution in [2.24, 2.45) is 0 Å². The zero-order valence-corrected chi connectivity index (χ0v) is 10.5. The van der Waals surface area contributed by atoms with Gasteiger partial charge < -0.3 is 10.5 Å². The molecular formula is C14H12N2O4. The first kappa shape index (κ1) is 13.5. The van der Waals surface area contributed by atoms with Crippen LogP contribution in [0.1, 0.15) is 15.9 Å². The predicted octanol–water partition coefficient (Wildman–Crippen LogP) is 2.53. The van der Waals surface area contributed by atoms with Gasteiger partial charge in [-0.1, -0.05) is 30.3 Å². The number of rotatable bonds is 4. The zero-order chi connectivity index (χ0) is 14.5. The molecule has 20 heavy (non-hydrogen) atoms. The van der Waals surface area contributed by atoms with Gasteiger partial charge in [-0.2, -0.15) is 0 Å². The lowest BCUT2D eigenvalue weighted by Crippen LogP contribution is -2.08. The number of nitro benzene ring substituents is 1. The molecule has 0 bridgehead atoms. The molecule has 0 radical (unpaired) electrons. The van der Waals surface area contributed by atoms with Crippen LogP contribution >= 0.6 is 0 Å². The summed E-state index contributed by atoms with van der Waals surface area (Å²) in [5, 5.41) is 10.6. The van der Waals surface area contributed by atoms with E-state index < -0.39 is 10.9 Å². The monoisotopic (exact) mass is 272 g/mol. The van der Waals surface area contributed by atoms with Crippen LogP contribution in [0.25, 0.3) is 0 Å². The summed E-state index contributed by atoms with van der Waals surface area (Å²) < 4.78 is 5.11. The second-order valence-corrected chi connectivity index (χ2v) is 4.09. The summed E-state index contributed by atoms with van der Waals surface area (Å²) in [6, 6.07) is 12.8. The van der Waals surface area contributed by atoms with Crippen molar-refractivity contribution < 1.29 is 14.5 Å². The first-order valence-corrected chi connectivity index (χ1v) is 5.83. The van der Waals surface area contributed by atoms with Gasteiger partial charge in [0.25, 0.3) is 5.69 Å². The van der Waals surface area contributed by atoms with Gasteiger partial charge in [0.2, 0.25) is 0 Å². The summed E-state index contributed by atoms with van der Waals surface area (Å²) in [4.78, 5) is 21.9. The van der Waals surface area contributed by atoms with Crippen molar-refractivity contribution in [2.45, 2.75) is 6.61 Å². The van der Waals surface area contributed by atoms with E-state index in [0.29, 0.717) is 0 Å². The molecule has 102 valence electrons. The van der Waals surface area contributed by atoms with E-state index >= 15 is 0 Å². The Bertz CT molecular complexity index is 641. The lowest BCUT2D eigenvalue weighted by Gasteiger charge is -2.07. The molecule has 0 saturated heterocycles. The first-order valence-electron chi connectivity index (χ1n) is 5.83. The van der Waals surface area contributed by atoms with Crippen LogP contribution in [0.2, 0.25) is 0 Å². The van der Waals surface area contributed by atoms with Crippen molar-refractivity contribution >= 4 is 17.3 Å². The molecule has 0 atom stereocenters. The normalized spacial score (nSPS) is 10.0. The van der Waals surface area contributed by atoms with E-state index in [2.05, 4.69) is 0 Å². The van der Waals surface area contributed by atoms with Gasteiger partial charge in [-0.25, -0.2) is 4.79 Å². The molecule has 0 unspecified atom stereocenters. The van der Waals surface area contributed by atoms with Crippen molar-refractivity contribution in [3.05, 3.63) is 69.8 Å². The summed E-state index contributed by atoms with van der Waals surface area (Å²) in [6.07, 6.45) is 0. The molecule has 0 fully saturated rings. The number of nitrogens with zero attached hydrogens (tertiary/aromatic N) is 1. The highest BCUT2D eigenvalue weighted by atomic mass is 16.6. The largest absolute Gasteiger partial charge is 0.457 e. The molecule has 6 nitrogen and oxygen atoms in total. The lowest BCUT2D eigenvalue weighted by atomic mass is 10.1. The summed E-state index contributed by atoms with van der Waals surface area (Å²) in [7, 11) is 0. The van der Waals surface area contributed by atoms with E-state index in [1.165, 1.54) is 12.1 Å². The van der Waals surface area contributed by atoms with Gasteiger partial charge in [0, 0.05) is 12.1 Å². The Morgan fingerprint density at radius 1 is 1.20 bits per heavy atom. The highest BCUT2D eigenvalue weighted by molar-refractivity contribution is 5.95. The number of esters is 1. The molecule has 2 N–H and O–H groups in total. The molecule has 0 heterocycles. The topological polar surface area (TPSA) is 95.5 Å². The molecule has 6 heteroatoms. The third-order valence-corrected chi connectivity index (χ3v) is 2.68. The van der Waals surface area contributed by atoms with Crippen molar-refractivity contribution in [1.29, 1.82) is 0 Å². The third kappa shape index (κ3) is 3.11. The van der Waals surface area contributed by atoms with Gasteiger partial charge in [0.1, 0.15) is 6.61 Å². The molecule has 0 aliphatic rings. The Hall–Kier alpha value is -2.89. The van der Waals surface area contributed by atoms with Crippen LogP contribution in [0.4, 0.5) is 11.4 Å². The summed E-state index contributed by atoms with van der Waals surface area (Å²) in [6.45, 7) is 0.121. The molecule has 0 amide bonds. The molecule has 0 aromatic heterocycles. The Morgan fingerprint density at radius 2 is 1.90 bits per heavy atom. The Kier molecular flexibility index (Phi) is 3.95. The number of nitrogen functional groups attached to an aromatic ring is 1. The van der Waals surface area contributed by atoms with Gasteiger partial charge >= 0.3 is 5.97 Å². The minimum absolute atomic E-state index is 0.0252. The number of nitro groups is 1. The van der Waals surface area contributed by atoms with Gasteiger partial charge in [-0.05, 0) is 11.6 Å². The number of carbonyl (C=O) groups is 1. The fourth-order valence-corrected chi connectivity index (χ4v) is 1.65. The highest BCUT2D eigenvalue weighted by Gasteiger charge is 2.15. The number of hydrogen-bond donors (Lipinski definition) is 1. The zero-order valence-electron chi connectivity index (χ0n) is 10.5. The fourth-order valence-electron chi connectivity index (χ4n) is 1.65. The summed E-state index contributed by atoms with van der Waals surface area (Å²) in [5.41, 5.74) is 6.45. The maximum absolute atomic E-state index is 11.8. The second-order valence-electron chi connectivity index (χ2n) is 4.09. The van der Waals surface area contributed by atoms with Gasteiger partial charge in [0.15, 0.2) is 0 Å². The first-order chi connectivity index (χ1) is 9.58. The molecule has 2 aromatic carbocycles. The van der Waals surface area contributed by atoms with E-state index in [9.17, 15) is 14.9 Å². The Balaban J connectivity index is 2.08. The smallest absolute Gasteiger partial charge is 0.340 e. The van der Waals surface area contributed by atoms with Gasteiger partial charge in [0.05, 0.1) is 16.2 Å². The second kappa shape index (κ2) is 5.83. The van der Waals surface area contributed by atoms with E-state index in [-0.39, 0.29) is 23.5 Å². The van der Waals surface area contributed by atoms with Crippen molar-refractivity contribution in [3.63, 3.8) is 0 Å². The van der Waals surface area contributed by atoms with Crippen molar-refractivity contribution in [2.75, 3.05) is 5.73 Å². The lowest BCUT2D eigenvalue weighted by molar-refractivity contribution is -0.384. The van der Waals surface area contributed by atoms with Crippen molar-refractivity contribution in [1.82, 2.24) is 0 Å². The van der Waals surface area contributed by atoms with E-state index in [1.54, 1.807) is 0 Å². The van der Waals surface area contributed by atoms with Crippen LogP contribution in [-0.2, 0) is 11.3 Å². The van der Waals surface area contributed by atoms with E-state index in [1.807, 2.05) is 30.3 Å². The standard InChI is InChI=1S/C14H12N2O4/c15-13-8-11(16(18)19)6-7-12(13)14(17)20-9-10-4-2-1-3-5-10/h1-8H,9,15H2. The number of anilines is 1. The Labute approximate surface area is 114 Å². The summed E-state index contributed by atoms with van der Waals surface area (Å²) >= 11 is 0. The van der Waals surface area contributed by atoms with Crippen LogP contribution in [0, 0.1) is 10.1 Å². The van der Waals surface area contributed by atoms with Crippen LogP contribution in [0.3, 0.4) is 0 Å². The maximum Gasteiger partial charge on any atom is 0.340 e. The number of nitrogens with two attached hydrogens (primary N) is 1. The number of carbonyl (C=O) groups excluding carboxylic acids is 1. The minimum Gasteiger partial charge on any atom is -0.457 e. The average Bonchev–Trinajstić information content (AvgIpc) is 2.45. The third-order valence-electron chi connectivity index (χ3n) is 2.68. The van der Waals surface area contributed by atoms with E-state index in [4.69, 9.17) is 10.5 Å². The molecule has 0 saturated carbocycles. The summed E-state index contributed by atoms with van der Waals surface area (Å²) in [5.74, 6) is -0.610. The van der Waals surface area contributed by atoms with E-state index in [0.717, 1.165) is 11.6 Å². The maximum atomic E-state index is 11.8. The average molecular weight is 272 g/mol.